The molecule has 110 valence electrons. The van der Waals surface area contributed by atoms with Crippen LogP contribution in [-0.2, 0) is 18.9 Å². The molecule has 1 fully saturated rings. The maximum atomic E-state index is 8.72. The van der Waals surface area contributed by atoms with Gasteiger partial charge in [0.1, 0.15) is 12.1 Å². The summed E-state index contributed by atoms with van der Waals surface area (Å²) in [6, 6.07) is -0.544. The summed E-state index contributed by atoms with van der Waals surface area (Å²) in [5, 5.41) is 3.78. The zero-order valence-corrected chi connectivity index (χ0v) is 12.0. The van der Waals surface area contributed by atoms with Crippen molar-refractivity contribution in [2.45, 2.75) is 57.8 Å². The Morgan fingerprint density at radius 2 is 1.84 bits per heavy atom. The first kappa shape index (κ1) is 16.2. The van der Waals surface area contributed by atoms with Crippen LogP contribution in [0.5, 0.6) is 0 Å². The van der Waals surface area contributed by atoms with Crippen LogP contribution in [0, 0.1) is 0 Å². The minimum atomic E-state index is -0.589. The lowest BCUT2D eigenvalue weighted by Gasteiger charge is -2.43. The average Bonchev–Trinajstić information content (AvgIpc) is 2.42. The smallest absolute Gasteiger partial charge is 0.169 e. The summed E-state index contributed by atoms with van der Waals surface area (Å²) in [6.45, 7) is 6.77. The topological polar surface area (TPSA) is 85.7 Å². The summed E-state index contributed by atoms with van der Waals surface area (Å²) in [7, 11) is 1.61. The van der Waals surface area contributed by atoms with Crippen molar-refractivity contribution in [3.8, 4) is 0 Å². The second-order valence-corrected chi connectivity index (χ2v) is 4.22. The molecule has 0 radical (unpaired) electrons. The summed E-state index contributed by atoms with van der Waals surface area (Å²) >= 11 is 0. The molecule has 0 aromatic rings. The number of hydrogen-bond acceptors (Lipinski definition) is 5. The second-order valence-electron chi connectivity index (χ2n) is 4.22. The normalized spacial score (nSPS) is 34.8. The van der Waals surface area contributed by atoms with Crippen LogP contribution in [0.3, 0.4) is 0 Å². The number of rotatable bonds is 7. The van der Waals surface area contributed by atoms with Crippen LogP contribution < -0.4 is 0 Å². The summed E-state index contributed by atoms with van der Waals surface area (Å²) in [5.41, 5.74) is 8.72. The minimum Gasteiger partial charge on any atom is -0.376 e. The lowest BCUT2D eigenvalue weighted by Crippen LogP contribution is -2.58. The Kier molecular flexibility index (Phi) is 7.12. The van der Waals surface area contributed by atoms with E-state index in [9.17, 15) is 0 Å². The third kappa shape index (κ3) is 3.81. The molecule has 0 saturated carbocycles. The van der Waals surface area contributed by atoms with Gasteiger partial charge in [-0.2, -0.15) is 0 Å². The Morgan fingerprint density at radius 3 is 2.32 bits per heavy atom. The highest BCUT2D eigenvalue weighted by atomic mass is 16.7. The van der Waals surface area contributed by atoms with Gasteiger partial charge in [-0.3, -0.25) is 0 Å². The maximum Gasteiger partial charge on any atom is 0.169 e. The first-order valence-electron chi connectivity index (χ1n) is 6.69. The van der Waals surface area contributed by atoms with Crippen molar-refractivity contribution in [2.24, 2.45) is 5.11 Å². The van der Waals surface area contributed by atoms with Crippen LogP contribution in [0.2, 0.25) is 0 Å². The molecule has 0 aromatic heterocycles. The second kappa shape index (κ2) is 8.35. The molecule has 1 rings (SSSR count). The van der Waals surface area contributed by atoms with E-state index >= 15 is 0 Å². The monoisotopic (exact) mass is 273 g/mol. The highest BCUT2D eigenvalue weighted by molar-refractivity contribution is 4.95. The average molecular weight is 273 g/mol. The van der Waals surface area contributed by atoms with Crippen molar-refractivity contribution in [3.63, 3.8) is 0 Å². The van der Waals surface area contributed by atoms with Gasteiger partial charge in [-0.05, 0) is 25.8 Å². The van der Waals surface area contributed by atoms with Crippen molar-refractivity contribution in [3.05, 3.63) is 10.4 Å². The molecule has 1 saturated heterocycles. The predicted molar refractivity (Wildman–Crippen MR) is 69.7 cm³/mol. The molecule has 0 aliphatic carbocycles. The zero-order valence-electron chi connectivity index (χ0n) is 12.0. The number of nitrogens with zero attached hydrogens (tertiary/aromatic N) is 3. The molecule has 3 unspecified atom stereocenters. The van der Waals surface area contributed by atoms with E-state index in [1.54, 1.807) is 7.11 Å². The molecule has 7 nitrogen and oxygen atoms in total. The fourth-order valence-corrected chi connectivity index (χ4v) is 2.37. The summed E-state index contributed by atoms with van der Waals surface area (Å²) in [4.78, 5) is 2.87. The molecule has 19 heavy (non-hydrogen) atoms. The summed E-state index contributed by atoms with van der Waals surface area (Å²) in [6.07, 6.45) is -0.579. The maximum absolute atomic E-state index is 8.72. The van der Waals surface area contributed by atoms with Gasteiger partial charge in [0, 0.05) is 25.2 Å². The van der Waals surface area contributed by atoms with Gasteiger partial charge in [-0.1, -0.05) is 12.0 Å². The molecular formula is C12H23N3O4. The Morgan fingerprint density at radius 1 is 1.16 bits per heavy atom. The summed E-state index contributed by atoms with van der Waals surface area (Å²) in [5.74, 6) is 0. The Bertz CT molecular complexity index is 309. The van der Waals surface area contributed by atoms with Crippen LogP contribution in [0.25, 0.3) is 10.4 Å². The molecule has 0 aromatic carbocycles. The Balaban J connectivity index is 3.00. The van der Waals surface area contributed by atoms with Crippen LogP contribution in [0.4, 0.5) is 0 Å². The van der Waals surface area contributed by atoms with Crippen molar-refractivity contribution < 1.29 is 18.9 Å². The first-order chi connectivity index (χ1) is 9.23. The van der Waals surface area contributed by atoms with Crippen LogP contribution in [0.1, 0.15) is 27.2 Å². The van der Waals surface area contributed by atoms with Crippen LogP contribution >= 0.6 is 0 Å². The third-order valence-electron chi connectivity index (χ3n) is 3.16. The van der Waals surface area contributed by atoms with E-state index in [1.807, 2.05) is 20.8 Å². The van der Waals surface area contributed by atoms with Crippen molar-refractivity contribution in [2.75, 3.05) is 20.3 Å². The molecule has 1 heterocycles. The van der Waals surface area contributed by atoms with Gasteiger partial charge < -0.3 is 18.9 Å². The van der Waals surface area contributed by atoms with Gasteiger partial charge in [-0.25, -0.2) is 0 Å². The van der Waals surface area contributed by atoms with Gasteiger partial charge in [0.05, 0.1) is 12.2 Å². The highest BCUT2D eigenvalue weighted by Gasteiger charge is 2.46. The van der Waals surface area contributed by atoms with E-state index in [1.165, 1.54) is 0 Å². The third-order valence-corrected chi connectivity index (χ3v) is 3.16. The molecule has 7 heteroatoms. The van der Waals surface area contributed by atoms with E-state index in [0.29, 0.717) is 13.2 Å². The van der Waals surface area contributed by atoms with Gasteiger partial charge in [-0.15, -0.1) is 0 Å². The van der Waals surface area contributed by atoms with Gasteiger partial charge in [0.25, 0.3) is 0 Å². The van der Waals surface area contributed by atoms with Gasteiger partial charge in [0.15, 0.2) is 6.29 Å². The molecule has 5 atom stereocenters. The molecule has 1 aliphatic heterocycles. The van der Waals surface area contributed by atoms with Gasteiger partial charge in [0.2, 0.25) is 0 Å². The molecule has 0 bridgehead atoms. The molecule has 0 spiro atoms. The lowest BCUT2D eigenvalue weighted by molar-refractivity contribution is -0.269. The van der Waals surface area contributed by atoms with E-state index in [2.05, 4.69) is 10.0 Å². The van der Waals surface area contributed by atoms with E-state index in [0.717, 1.165) is 6.42 Å². The fraction of sp³-hybridized carbons (Fsp3) is 1.00. The Hall–Kier alpha value is -0.850. The predicted octanol–water partition coefficient (Wildman–Crippen LogP) is 2.26. The lowest BCUT2D eigenvalue weighted by atomic mass is 9.95. The largest absolute Gasteiger partial charge is 0.376 e. The quantitative estimate of drug-likeness (QED) is 0.404. The number of azide groups is 1. The highest BCUT2D eigenvalue weighted by Crippen LogP contribution is 2.29. The van der Waals surface area contributed by atoms with E-state index < -0.39 is 12.3 Å². The molecule has 0 amide bonds. The zero-order chi connectivity index (χ0) is 14.3. The van der Waals surface area contributed by atoms with Gasteiger partial charge >= 0.3 is 0 Å². The standard InChI is InChI=1S/C12H23N3O4/c1-5-8-10(16-4)11(17-6-2)9(14-15-13)12(19-8)18-7-3/h8-12H,5-7H2,1-4H3/t8?,9?,10-,11+,12?/m0/s1. The fourth-order valence-electron chi connectivity index (χ4n) is 2.37. The minimum absolute atomic E-state index is 0.136. The number of ether oxygens (including phenoxy) is 4. The first-order valence-corrected chi connectivity index (χ1v) is 6.69. The number of methoxy groups -OCH3 is 1. The summed E-state index contributed by atoms with van der Waals surface area (Å²) < 4.78 is 22.5. The Labute approximate surface area is 113 Å². The van der Waals surface area contributed by atoms with Crippen molar-refractivity contribution >= 4 is 0 Å². The molecule has 1 aliphatic rings. The molecule has 0 N–H and O–H groups in total. The van der Waals surface area contributed by atoms with E-state index in [4.69, 9.17) is 24.5 Å². The number of hydrogen-bond donors (Lipinski definition) is 0. The van der Waals surface area contributed by atoms with Crippen LogP contribution in [-0.4, -0.2) is 51.0 Å². The van der Waals surface area contributed by atoms with E-state index in [-0.39, 0.29) is 18.3 Å². The van der Waals surface area contributed by atoms with Crippen molar-refractivity contribution in [1.29, 1.82) is 0 Å². The SMILES string of the molecule is CCOC1OC(CC)[C@H](OC)[C@H](OCC)C1N=[N+]=[N-]. The van der Waals surface area contributed by atoms with Crippen molar-refractivity contribution in [1.82, 2.24) is 0 Å². The molecular weight excluding hydrogens is 250 g/mol. The van der Waals surface area contributed by atoms with Crippen LogP contribution in [0.15, 0.2) is 5.11 Å².